The molecule has 0 aliphatic carbocycles. The third-order valence-electron chi connectivity index (χ3n) is 4.50. The summed E-state index contributed by atoms with van der Waals surface area (Å²) < 4.78 is 0. The molecule has 4 aromatic rings. The summed E-state index contributed by atoms with van der Waals surface area (Å²) in [4.78, 5) is 16.5. The Balaban J connectivity index is 2.11. The first kappa shape index (κ1) is 17.3. The van der Waals surface area contributed by atoms with Crippen LogP contribution in [0.5, 0.6) is 0 Å². The van der Waals surface area contributed by atoms with Gasteiger partial charge in [-0.2, -0.15) is 0 Å². The Morgan fingerprint density at radius 1 is 0.852 bits per heavy atom. The van der Waals surface area contributed by atoms with Crippen LogP contribution in [-0.2, 0) is 11.2 Å². The minimum absolute atomic E-state index is 0.111. The van der Waals surface area contributed by atoms with Gasteiger partial charge in [-0.3, -0.25) is 4.79 Å². The molecule has 132 valence electrons. The zero-order valence-corrected chi connectivity index (χ0v) is 15.1. The van der Waals surface area contributed by atoms with Gasteiger partial charge >= 0.3 is 5.97 Å². The van der Waals surface area contributed by atoms with E-state index in [9.17, 15) is 9.90 Å². The number of aliphatic carboxylic acids is 1. The Bertz CT molecular complexity index is 1120. The van der Waals surface area contributed by atoms with Crippen molar-refractivity contribution in [2.24, 2.45) is 0 Å². The molecular weight excluding hydrogens is 358 g/mol. The molecule has 0 bridgehead atoms. The van der Waals surface area contributed by atoms with Gasteiger partial charge in [-0.1, -0.05) is 72.3 Å². The smallest absolute Gasteiger partial charge is 0.307 e. The molecule has 1 aromatic heterocycles. The molecule has 0 atom stereocenters. The normalized spacial score (nSPS) is 10.9. The van der Waals surface area contributed by atoms with E-state index >= 15 is 0 Å². The van der Waals surface area contributed by atoms with Crippen LogP contribution in [0.15, 0.2) is 78.9 Å². The van der Waals surface area contributed by atoms with Crippen molar-refractivity contribution in [2.75, 3.05) is 0 Å². The van der Waals surface area contributed by atoms with Crippen molar-refractivity contribution in [3.8, 4) is 22.4 Å². The van der Waals surface area contributed by atoms with E-state index in [4.69, 9.17) is 16.6 Å². The Morgan fingerprint density at radius 2 is 1.52 bits per heavy atom. The lowest BCUT2D eigenvalue weighted by Crippen LogP contribution is -2.06. The molecule has 0 saturated carbocycles. The van der Waals surface area contributed by atoms with Gasteiger partial charge in [-0.05, 0) is 34.9 Å². The number of hydrogen-bond donors (Lipinski definition) is 1. The molecule has 3 nitrogen and oxygen atoms in total. The molecule has 0 unspecified atom stereocenters. The summed E-state index contributed by atoms with van der Waals surface area (Å²) in [6.07, 6.45) is -0.111. The average Bonchev–Trinajstić information content (AvgIpc) is 2.68. The summed E-state index contributed by atoms with van der Waals surface area (Å²) in [7, 11) is 0. The average molecular weight is 374 g/mol. The fraction of sp³-hybridized carbons (Fsp3) is 0.0435. The summed E-state index contributed by atoms with van der Waals surface area (Å²) in [6.45, 7) is 0. The van der Waals surface area contributed by atoms with Crippen molar-refractivity contribution in [3.05, 3.63) is 89.4 Å². The number of nitrogens with zero attached hydrogens (tertiary/aromatic N) is 1. The molecule has 4 heteroatoms. The fourth-order valence-electron chi connectivity index (χ4n) is 3.36. The fourth-order valence-corrected chi connectivity index (χ4v) is 3.48. The topological polar surface area (TPSA) is 50.2 Å². The SMILES string of the molecule is O=C(O)Cc1c(-c2ccc(Cl)cc2)nc2ccccc2c1-c1ccccc1. The van der Waals surface area contributed by atoms with Crippen molar-refractivity contribution >= 4 is 28.5 Å². The van der Waals surface area contributed by atoms with Crippen LogP contribution >= 0.6 is 11.6 Å². The highest BCUT2D eigenvalue weighted by Gasteiger charge is 2.19. The number of halogens is 1. The van der Waals surface area contributed by atoms with Crippen LogP contribution in [0.1, 0.15) is 5.56 Å². The molecule has 0 spiro atoms. The van der Waals surface area contributed by atoms with E-state index in [0.29, 0.717) is 16.3 Å². The minimum Gasteiger partial charge on any atom is -0.481 e. The Hall–Kier alpha value is -3.17. The van der Waals surface area contributed by atoms with Crippen LogP contribution in [0.25, 0.3) is 33.3 Å². The molecular formula is C23H16ClNO2. The van der Waals surface area contributed by atoms with Crippen molar-refractivity contribution in [2.45, 2.75) is 6.42 Å². The summed E-state index contributed by atoms with van der Waals surface area (Å²) in [5.74, 6) is -0.889. The quantitative estimate of drug-likeness (QED) is 0.488. The summed E-state index contributed by atoms with van der Waals surface area (Å²) in [5, 5.41) is 11.1. The number of rotatable bonds is 4. The minimum atomic E-state index is -0.889. The van der Waals surface area contributed by atoms with E-state index < -0.39 is 5.97 Å². The molecule has 0 aliphatic rings. The lowest BCUT2D eigenvalue weighted by Gasteiger charge is -2.17. The lowest BCUT2D eigenvalue weighted by atomic mass is 9.90. The maximum atomic E-state index is 11.7. The van der Waals surface area contributed by atoms with Gasteiger partial charge in [-0.25, -0.2) is 4.98 Å². The third-order valence-corrected chi connectivity index (χ3v) is 4.75. The Kier molecular flexibility index (Phi) is 4.61. The molecule has 0 amide bonds. The molecule has 0 saturated heterocycles. The molecule has 0 fully saturated rings. The molecule has 1 heterocycles. The first-order valence-corrected chi connectivity index (χ1v) is 8.96. The number of carboxylic acid groups (broad SMARTS) is 1. The van der Waals surface area contributed by atoms with Gasteiger partial charge in [0.25, 0.3) is 0 Å². The molecule has 1 N–H and O–H groups in total. The van der Waals surface area contributed by atoms with Crippen molar-refractivity contribution in [3.63, 3.8) is 0 Å². The van der Waals surface area contributed by atoms with Crippen molar-refractivity contribution in [1.82, 2.24) is 4.98 Å². The van der Waals surface area contributed by atoms with Gasteiger partial charge in [0.05, 0.1) is 17.6 Å². The van der Waals surface area contributed by atoms with E-state index in [1.54, 1.807) is 12.1 Å². The van der Waals surface area contributed by atoms with Crippen LogP contribution in [0, 0.1) is 0 Å². The maximum absolute atomic E-state index is 11.7. The van der Waals surface area contributed by atoms with E-state index in [0.717, 1.165) is 27.6 Å². The van der Waals surface area contributed by atoms with E-state index in [2.05, 4.69) is 0 Å². The Labute approximate surface area is 161 Å². The zero-order chi connectivity index (χ0) is 18.8. The van der Waals surface area contributed by atoms with Gasteiger partial charge in [0.1, 0.15) is 0 Å². The van der Waals surface area contributed by atoms with Crippen LogP contribution < -0.4 is 0 Å². The van der Waals surface area contributed by atoms with E-state index in [1.165, 1.54) is 0 Å². The molecule has 4 rings (SSSR count). The van der Waals surface area contributed by atoms with Crippen LogP contribution in [0.2, 0.25) is 5.02 Å². The van der Waals surface area contributed by atoms with Gasteiger partial charge in [0, 0.05) is 16.0 Å². The third kappa shape index (κ3) is 3.42. The van der Waals surface area contributed by atoms with E-state index in [-0.39, 0.29) is 6.42 Å². The second-order valence-electron chi connectivity index (χ2n) is 6.27. The lowest BCUT2D eigenvalue weighted by molar-refractivity contribution is -0.136. The molecule has 0 radical (unpaired) electrons. The van der Waals surface area contributed by atoms with Gasteiger partial charge in [0.2, 0.25) is 0 Å². The monoisotopic (exact) mass is 373 g/mol. The largest absolute Gasteiger partial charge is 0.481 e. The number of fused-ring (bicyclic) bond motifs is 1. The number of carbonyl (C=O) groups is 1. The number of pyridine rings is 1. The van der Waals surface area contributed by atoms with Gasteiger partial charge in [-0.15, -0.1) is 0 Å². The number of benzene rings is 3. The van der Waals surface area contributed by atoms with Crippen LogP contribution in [0.4, 0.5) is 0 Å². The summed E-state index contributed by atoms with van der Waals surface area (Å²) in [6, 6.07) is 25.0. The predicted molar refractivity (Wildman–Crippen MR) is 109 cm³/mol. The van der Waals surface area contributed by atoms with Crippen LogP contribution in [0.3, 0.4) is 0 Å². The molecule has 0 aliphatic heterocycles. The number of carboxylic acids is 1. The predicted octanol–water partition coefficient (Wildman–Crippen LogP) is 5.85. The first-order chi connectivity index (χ1) is 13.1. The summed E-state index contributed by atoms with van der Waals surface area (Å²) >= 11 is 6.03. The maximum Gasteiger partial charge on any atom is 0.307 e. The highest BCUT2D eigenvalue weighted by atomic mass is 35.5. The standard InChI is InChI=1S/C23H16ClNO2/c24-17-12-10-16(11-13-17)23-19(14-21(26)27)22(15-6-2-1-3-7-15)18-8-4-5-9-20(18)25-23/h1-13H,14H2,(H,26,27). The number of para-hydroxylation sites is 1. The van der Waals surface area contributed by atoms with Gasteiger partial charge in [0.15, 0.2) is 0 Å². The number of hydrogen-bond acceptors (Lipinski definition) is 2. The van der Waals surface area contributed by atoms with Crippen molar-refractivity contribution < 1.29 is 9.90 Å². The van der Waals surface area contributed by atoms with Crippen LogP contribution in [-0.4, -0.2) is 16.1 Å². The number of aromatic nitrogens is 1. The second-order valence-corrected chi connectivity index (χ2v) is 6.71. The summed E-state index contributed by atoms with van der Waals surface area (Å²) in [5.41, 5.74) is 4.94. The second kappa shape index (κ2) is 7.22. The van der Waals surface area contributed by atoms with E-state index in [1.807, 2.05) is 66.7 Å². The highest BCUT2D eigenvalue weighted by molar-refractivity contribution is 6.30. The first-order valence-electron chi connectivity index (χ1n) is 8.58. The van der Waals surface area contributed by atoms with Gasteiger partial charge < -0.3 is 5.11 Å². The Morgan fingerprint density at radius 3 is 2.22 bits per heavy atom. The molecule has 3 aromatic carbocycles. The highest BCUT2D eigenvalue weighted by Crippen LogP contribution is 2.37. The molecule has 27 heavy (non-hydrogen) atoms. The zero-order valence-electron chi connectivity index (χ0n) is 14.4. The van der Waals surface area contributed by atoms with Crippen molar-refractivity contribution in [1.29, 1.82) is 0 Å².